The Morgan fingerprint density at radius 2 is 1.68 bits per heavy atom. The number of carbonyl (C=O) groups excluding carboxylic acids is 2. The number of H-pyrrole nitrogens is 1. The average Bonchev–Trinajstić information content (AvgIpc) is 2.79. The third-order valence-electron chi connectivity index (χ3n) is 5.54. The molecule has 4 rings (SSSR count). The van der Waals surface area contributed by atoms with Crippen molar-refractivity contribution >= 4 is 22.8 Å². The minimum absolute atomic E-state index is 0.159. The summed E-state index contributed by atoms with van der Waals surface area (Å²) in [4.78, 5) is 44.2. The van der Waals surface area contributed by atoms with Crippen LogP contribution in [0.25, 0.3) is 10.9 Å². The van der Waals surface area contributed by atoms with E-state index in [0.717, 1.165) is 19.6 Å². The molecule has 1 aromatic heterocycles. The number of aromatic amines is 1. The molecular formula is C24H25N3O4. The van der Waals surface area contributed by atoms with Crippen molar-refractivity contribution in [2.75, 3.05) is 26.2 Å². The quantitative estimate of drug-likeness (QED) is 0.643. The highest BCUT2D eigenvalue weighted by atomic mass is 16.5. The molecule has 1 fully saturated rings. The second-order valence-electron chi connectivity index (χ2n) is 7.73. The zero-order valence-electron chi connectivity index (χ0n) is 17.4. The van der Waals surface area contributed by atoms with Gasteiger partial charge in [-0.15, -0.1) is 0 Å². The molecule has 2 heterocycles. The molecule has 1 amide bonds. The summed E-state index contributed by atoms with van der Waals surface area (Å²) in [5.74, 6) is -0.896. The summed E-state index contributed by atoms with van der Waals surface area (Å²) in [5.41, 5.74) is 1.57. The molecule has 0 unspecified atom stereocenters. The summed E-state index contributed by atoms with van der Waals surface area (Å²) in [6.45, 7) is 5.12. The van der Waals surface area contributed by atoms with Gasteiger partial charge in [-0.3, -0.25) is 14.5 Å². The highest BCUT2D eigenvalue weighted by molar-refractivity contribution is 6.03. The van der Waals surface area contributed by atoms with Gasteiger partial charge < -0.3 is 14.6 Å². The van der Waals surface area contributed by atoms with Crippen molar-refractivity contribution < 1.29 is 14.3 Å². The predicted molar refractivity (Wildman–Crippen MR) is 118 cm³/mol. The number of nitrogens with zero attached hydrogens (tertiary/aromatic N) is 2. The summed E-state index contributed by atoms with van der Waals surface area (Å²) in [6, 6.07) is 18.5. The van der Waals surface area contributed by atoms with Gasteiger partial charge >= 0.3 is 5.97 Å². The number of fused-ring (bicyclic) bond motifs is 1. The van der Waals surface area contributed by atoms with Crippen molar-refractivity contribution in [3.8, 4) is 0 Å². The SMILES string of the molecule is C[C@H](OC(=O)c1cc(=O)[nH]c2ccccc12)C(=O)N1CCN(Cc2ccccc2)CC1. The van der Waals surface area contributed by atoms with Crippen LogP contribution in [-0.2, 0) is 16.1 Å². The Morgan fingerprint density at radius 1 is 1.00 bits per heavy atom. The fourth-order valence-corrected chi connectivity index (χ4v) is 3.87. The number of piperazine rings is 1. The van der Waals surface area contributed by atoms with Crippen LogP contribution >= 0.6 is 0 Å². The molecule has 0 radical (unpaired) electrons. The first-order valence-corrected chi connectivity index (χ1v) is 10.4. The highest BCUT2D eigenvalue weighted by Crippen LogP contribution is 2.17. The molecule has 1 aliphatic rings. The van der Waals surface area contributed by atoms with Crippen LogP contribution in [0.15, 0.2) is 65.5 Å². The summed E-state index contributed by atoms with van der Waals surface area (Å²) in [5, 5.41) is 0.585. The van der Waals surface area contributed by atoms with Gasteiger partial charge in [0.05, 0.1) is 5.56 Å². The Bertz CT molecular complexity index is 1130. The number of amides is 1. The molecule has 7 heteroatoms. The fraction of sp³-hybridized carbons (Fsp3) is 0.292. The van der Waals surface area contributed by atoms with Crippen LogP contribution in [0.5, 0.6) is 0 Å². The molecule has 1 aliphatic heterocycles. The Kier molecular flexibility index (Phi) is 6.13. The molecule has 31 heavy (non-hydrogen) atoms. The minimum atomic E-state index is -0.925. The minimum Gasteiger partial charge on any atom is -0.449 e. The topological polar surface area (TPSA) is 82.7 Å². The fourth-order valence-electron chi connectivity index (χ4n) is 3.87. The Hall–Kier alpha value is -3.45. The molecule has 0 spiro atoms. The van der Waals surface area contributed by atoms with Crippen molar-refractivity contribution in [1.29, 1.82) is 0 Å². The van der Waals surface area contributed by atoms with E-state index in [2.05, 4.69) is 22.0 Å². The number of hydrogen-bond donors (Lipinski definition) is 1. The molecule has 1 saturated heterocycles. The number of benzene rings is 2. The number of aromatic nitrogens is 1. The smallest absolute Gasteiger partial charge is 0.339 e. The van der Waals surface area contributed by atoms with E-state index in [4.69, 9.17) is 4.74 Å². The van der Waals surface area contributed by atoms with Gasteiger partial charge in [-0.2, -0.15) is 0 Å². The number of esters is 1. The molecule has 7 nitrogen and oxygen atoms in total. The lowest BCUT2D eigenvalue weighted by atomic mass is 10.1. The van der Waals surface area contributed by atoms with E-state index >= 15 is 0 Å². The number of para-hydroxylation sites is 1. The molecule has 160 valence electrons. The van der Waals surface area contributed by atoms with Crippen molar-refractivity contribution in [3.05, 3.63) is 82.1 Å². The van der Waals surface area contributed by atoms with Crippen molar-refractivity contribution in [1.82, 2.24) is 14.8 Å². The van der Waals surface area contributed by atoms with E-state index in [-0.39, 0.29) is 17.0 Å². The molecule has 3 aromatic rings. The standard InChI is InChI=1S/C24H25N3O4/c1-17(31-24(30)20-15-22(28)25-21-10-6-5-9-19(20)21)23(29)27-13-11-26(12-14-27)16-18-7-3-2-4-8-18/h2-10,15,17H,11-14,16H2,1H3,(H,25,28)/t17-/m0/s1. The number of ether oxygens (including phenoxy) is 1. The van der Waals surface area contributed by atoms with Crippen molar-refractivity contribution in [3.63, 3.8) is 0 Å². The van der Waals surface area contributed by atoms with Gasteiger partial charge in [0.15, 0.2) is 6.10 Å². The summed E-state index contributed by atoms with van der Waals surface area (Å²) in [6.07, 6.45) is -0.925. The Balaban J connectivity index is 1.36. The van der Waals surface area contributed by atoms with Crippen LogP contribution in [0.3, 0.4) is 0 Å². The van der Waals surface area contributed by atoms with E-state index in [1.54, 1.807) is 36.1 Å². The van der Waals surface area contributed by atoms with Gasteiger partial charge in [0, 0.05) is 49.7 Å². The maximum atomic E-state index is 12.8. The number of pyridine rings is 1. The van der Waals surface area contributed by atoms with E-state index in [1.165, 1.54) is 11.6 Å². The maximum Gasteiger partial charge on any atom is 0.339 e. The monoisotopic (exact) mass is 419 g/mol. The molecule has 2 aromatic carbocycles. The van der Waals surface area contributed by atoms with E-state index in [0.29, 0.717) is 24.0 Å². The number of rotatable bonds is 5. The van der Waals surface area contributed by atoms with Gasteiger partial charge in [0.2, 0.25) is 5.56 Å². The number of hydrogen-bond acceptors (Lipinski definition) is 5. The molecule has 0 saturated carbocycles. The first kappa shape index (κ1) is 20.8. The number of carbonyl (C=O) groups is 2. The van der Waals surface area contributed by atoms with Gasteiger partial charge in [0.1, 0.15) is 0 Å². The van der Waals surface area contributed by atoms with Crippen LogP contribution in [0.2, 0.25) is 0 Å². The zero-order chi connectivity index (χ0) is 21.8. The predicted octanol–water partition coefficient (Wildman–Crippen LogP) is 2.42. The van der Waals surface area contributed by atoms with Gasteiger partial charge in [0.25, 0.3) is 5.91 Å². The summed E-state index contributed by atoms with van der Waals surface area (Å²) >= 11 is 0. The van der Waals surface area contributed by atoms with Crippen molar-refractivity contribution in [2.24, 2.45) is 0 Å². The third-order valence-corrected chi connectivity index (χ3v) is 5.54. The molecular weight excluding hydrogens is 394 g/mol. The normalized spacial score (nSPS) is 15.6. The van der Waals surface area contributed by atoms with Crippen LogP contribution in [0, 0.1) is 0 Å². The number of nitrogens with one attached hydrogen (secondary N) is 1. The maximum absolute atomic E-state index is 12.8. The van der Waals surface area contributed by atoms with E-state index in [9.17, 15) is 14.4 Å². The molecule has 1 N–H and O–H groups in total. The van der Waals surface area contributed by atoms with E-state index < -0.39 is 12.1 Å². The van der Waals surface area contributed by atoms with E-state index in [1.807, 2.05) is 18.2 Å². The lowest BCUT2D eigenvalue weighted by Crippen LogP contribution is -2.51. The van der Waals surface area contributed by atoms with Crippen LogP contribution in [-0.4, -0.2) is 58.9 Å². The highest BCUT2D eigenvalue weighted by Gasteiger charge is 2.28. The third kappa shape index (κ3) is 4.83. The Labute approximate surface area is 180 Å². The molecule has 0 aliphatic carbocycles. The first-order valence-electron chi connectivity index (χ1n) is 10.4. The van der Waals surface area contributed by atoms with Gasteiger partial charge in [-0.05, 0) is 18.6 Å². The lowest BCUT2D eigenvalue weighted by molar-refractivity contribution is -0.141. The molecule has 1 atom stereocenters. The zero-order valence-corrected chi connectivity index (χ0v) is 17.4. The van der Waals surface area contributed by atoms with Crippen molar-refractivity contribution in [2.45, 2.75) is 19.6 Å². The Morgan fingerprint density at radius 3 is 2.42 bits per heavy atom. The average molecular weight is 419 g/mol. The van der Waals surface area contributed by atoms with Gasteiger partial charge in [-0.1, -0.05) is 48.5 Å². The lowest BCUT2D eigenvalue weighted by Gasteiger charge is -2.35. The van der Waals surface area contributed by atoms with Crippen LogP contribution in [0.1, 0.15) is 22.8 Å². The molecule has 0 bridgehead atoms. The van der Waals surface area contributed by atoms with Crippen LogP contribution < -0.4 is 5.56 Å². The van der Waals surface area contributed by atoms with Crippen LogP contribution in [0.4, 0.5) is 0 Å². The second-order valence-corrected chi connectivity index (χ2v) is 7.73. The largest absolute Gasteiger partial charge is 0.449 e. The second kappa shape index (κ2) is 9.14. The first-order chi connectivity index (χ1) is 15.0. The van der Waals surface area contributed by atoms with Gasteiger partial charge in [-0.25, -0.2) is 4.79 Å². The summed E-state index contributed by atoms with van der Waals surface area (Å²) < 4.78 is 5.44. The summed E-state index contributed by atoms with van der Waals surface area (Å²) in [7, 11) is 0.